The molecule has 0 bridgehead atoms. The fraction of sp³-hybridized carbons (Fsp3) is 0.231. The molecule has 4 rings (SSSR count). The maximum Gasteiger partial charge on any atom is 0.337 e. The first kappa shape index (κ1) is 24.9. The largest absolute Gasteiger partial charge is 0.492 e. The highest BCUT2D eigenvalue weighted by Crippen LogP contribution is 2.29. The molecule has 2 aromatic carbocycles. The summed E-state index contributed by atoms with van der Waals surface area (Å²) in [4.78, 5) is 55.1. The van der Waals surface area contributed by atoms with Crippen LogP contribution in [0, 0.1) is 6.92 Å². The molecule has 10 heteroatoms. The molecule has 1 N–H and O–H groups in total. The Hall–Kier alpha value is -4.18. The molecule has 0 spiro atoms. The van der Waals surface area contributed by atoms with Crippen molar-refractivity contribution < 1.29 is 14.3 Å². The van der Waals surface area contributed by atoms with Crippen LogP contribution in [0.5, 0.6) is 5.75 Å². The number of ether oxygens (including phenoxy) is 1. The maximum absolute atomic E-state index is 13.6. The van der Waals surface area contributed by atoms with Crippen LogP contribution in [0.1, 0.15) is 22.2 Å². The molecule has 0 unspecified atom stereocenters. The Morgan fingerprint density at radius 3 is 2.36 bits per heavy atom. The lowest BCUT2D eigenvalue weighted by Crippen LogP contribution is -2.40. The second-order valence-corrected chi connectivity index (χ2v) is 9.26. The van der Waals surface area contributed by atoms with Crippen LogP contribution in [0.3, 0.4) is 0 Å². The van der Waals surface area contributed by atoms with Crippen molar-refractivity contribution in [1.29, 1.82) is 0 Å². The highest BCUT2D eigenvalue weighted by Gasteiger charge is 2.25. The lowest BCUT2D eigenvalue weighted by atomic mass is 10.2. The van der Waals surface area contributed by atoms with Gasteiger partial charge in [-0.1, -0.05) is 30.3 Å². The first-order valence-corrected chi connectivity index (χ1v) is 12.1. The van der Waals surface area contributed by atoms with Gasteiger partial charge in [-0.05, 0) is 43.7 Å². The number of anilines is 1. The highest BCUT2D eigenvalue weighted by atomic mass is 32.1. The summed E-state index contributed by atoms with van der Waals surface area (Å²) >= 11 is 1.03. The Bertz CT molecular complexity index is 1570. The van der Waals surface area contributed by atoms with E-state index < -0.39 is 17.2 Å². The van der Waals surface area contributed by atoms with Gasteiger partial charge in [0, 0.05) is 14.1 Å². The van der Waals surface area contributed by atoms with Crippen LogP contribution in [-0.4, -0.2) is 46.6 Å². The number of fused-ring (bicyclic) bond motifs is 1. The van der Waals surface area contributed by atoms with Crippen molar-refractivity contribution in [3.63, 3.8) is 0 Å². The summed E-state index contributed by atoms with van der Waals surface area (Å²) in [6.45, 7) is 3.58. The number of para-hydroxylation sites is 3. The Morgan fingerprint density at radius 1 is 1.03 bits per heavy atom. The van der Waals surface area contributed by atoms with Crippen molar-refractivity contribution in [2.24, 2.45) is 0 Å². The molecule has 0 saturated heterocycles. The number of aryl methyl sites for hydroxylation is 1. The average molecular weight is 507 g/mol. The molecule has 2 heterocycles. The van der Waals surface area contributed by atoms with Crippen LogP contribution in [-0.2, 0) is 11.3 Å². The molecule has 0 aliphatic heterocycles. The number of carbonyl (C=O) groups is 2. The minimum atomic E-state index is -0.669. The second-order valence-electron chi connectivity index (χ2n) is 8.26. The number of rotatable bonds is 7. The van der Waals surface area contributed by atoms with Gasteiger partial charge in [0.05, 0.1) is 28.2 Å². The van der Waals surface area contributed by atoms with Gasteiger partial charge in [0.25, 0.3) is 11.5 Å². The van der Waals surface area contributed by atoms with Gasteiger partial charge in [-0.15, -0.1) is 11.3 Å². The molecule has 186 valence electrons. The molecule has 4 aromatic rings. The number of nitrogens with one attached hydrogen (secondary N) is 1. The molecule has 9 nitrogen and oxygen atoms in total. The molecule has 2 aromatic heterocycles. The quantitative estimate of drug-likeness (QED) is 0.415. The fourth-order valence-corrected chi connectivity index (χ4v) is 5.20. The zero-order valence-corrected chi connectivity index (χ0v) is 21.2. The van der Waals surface area contributed by atoms with E-state index in [0.717, 1.165) is 15.9 Å². The van der Waals surface area contributed by atoms with Crippen LogP contribution < -0.4 is 21.3 Å². The van der Waals surface area contributed by atoms with Gasteiger partial charge in [-0.3, -0.25) is 19.0 Å². The van der Waals surface area contributed by atoms with Gasteiger partial charge in [-0.25, -0.2) is 9.36 Å². The topological polar surface area (TPSA) is 103 Å². The Labute approximate surface area is 211 Å². The SMILES string of the molecule is CCOc1ccccc1NC(=O)Cn1c(=O)n(-c2ccccc2)c(=O)c2c(C)c(C(=O)N(C)C)sc21. The van der Waals surface area contributed by atoms with E-state index in [9.17, 15) is 19.2 Å². The number of hydrogen-bond acceptors (Lipinski definition) is 6. The average Bonchev–Trinajstić information content (AvgIpc) is 3.20. The van der Waals surface area contributed by atoms with Gasteiger partial charge in [0.15, 0.2) is 0 Å². The van der Waals surface area contributed by atoms with E-state index in [4.69, 9.17) is 4.74 Å². The van der Waals surface area contributed by atoms with Crippen LogP contribution in [0.15, 0.2) is 64.2 Å². The zero-order valence-electron chi connectivity index (χ0n) is 20.4. The second kappa shape index (κ2) is 10.2. The molecule has 0 radical (unpaired) electrons. The van der Waals surface area contributed by atoms with Gasteiger partial charge in [0.2, 0.25) is 5.91 Å². The number of nitrogens with zero attached hydrogens (tertiary/aromatic N) is 3. The molecular weight excluding hydrogens is 480 g/mol. The van der Waals surface area contributed by atoms with Crippen molar-refractivity contribution in [2.45, 2.75) is 20.4 Å². The van der Waals surface area contributed by atoms with Crippen molar-refractivity contribution >= 4 is 39.1 Å². The minimum Gasteiger partial charge on any atom is -0.492 e. The van der Waals surface area contributed by atoms with Crippen LogP contribution in [0.2, 0.25) is 0 Å². The van der Waals surface area contributed by atoms with E-state index in [1.807, 2.05) is 6.92 Å². The summed E-state index contributed by atoms with van der Waals surface area (Å²) in [5.41, 5.74) is 0.106. The predicted octanol–water partition coefficient (Wildman–Crippen LogP) is 3.26. The Kier molecular flexibility index (Phi) is 7.07. The summed E-state index contributed by atoms with van der Waals surface area (Å²) in [6.07, 6.45) is 0. The van der Waals surface area contributed by atoms with Crippen molar-refractivity contribution in [1.82, 2.24) is 14.0 Å². The first-order valence-electron chi connectivity index (χ1n) is 11.3. The number of thiophene rings is 1. The Morgan fingerprint density at radius 2 is 1.69 bits per heavy atom. The van der Waals surface area contributed by atoms with Gasteiger partial charge < -0.3 is 15.0 Å². The predicted molar refractivity (Wildman–Crippen MR) is 141 cm³/mol. The van der Waals surface area contributed by atoms with Crippen molar-refractivity contribution in [3.05, 3.63) is 85.9 Å². The molecule has 0 fully saturated rings. The molecule has 0 saturated carbocycles. The van der Waals surface area contributed by atoms with E-state index in [1.54, 1.807) is 75.6 Å². The third-order valence-corrected chi connectivity index (χ3v) is 6.89. The summed E-state index contributed by atoms with van der Waals surface area (Å²) in [5.74, 6) is -0.255. The maximum atomic E-state index is 13.6. The zero-order chi connectivity index (χ0) is 26.0. The standard InChI is InChI=1S/C26H26N4O5S/c1-5-35-19-14-10-9-13-18(19)27-20(31)15-29-25-21(16(2)22(36-25)24(33)28(3)4)23(32)30(26(29)34)17-11-7-6-8-12-17/h6-14H,5,15H2,1-4H3,(H,27,31). The number of amides is 2. The molecule has 0 aliphatic rings. The third kappa shape index (κ3) is 4.55. The van der Waals surface area contributed by atoms with Crippen LogP contribution in [0.4, 0.5) is 5.69 Å². The highest BCUT2D eigenvalue weighted by molar-refractivity contribution is 7.20. The summed E-state index contributed by atoms with van der Waals surface area (Å²) in [7, 11) is 3.23. The molecule has 36 heavy (non-hydrogen) atoms. The third-order valence-electron chi connectivity index (χ3n) is 5.59. The number of benzene rings is 2. The Balaban J connectivity index is 1.89. The molecular formula is C26H26N4O5S. The summed E-state index contributed by atoms with van der Waals surface area (Å²) in [6, 6.07) is 15.5. The van der Waals surface area contributed by atoms with Gasteiger partial charge >= 0.3 is 5.69 Å². The van der Waals surface area contributed by atoms with E-state index in [0.29, 0.717) is 34.2 Å². The lowest BCUT2D eigenvalue weighted by molar-refractivity contribution is -0.116. The van der Waals surface area contributed by atoms with Crippen molar-refractivity contribution in [3.8, 4) is 11.4 Å². The van der Waals surface area contributed by atoms with Crippen LogP contribution >= 0.6 is 11.3 Å². The number of hydrogen-bond donors (Lipinski definition) is 1. The minimum absolute atomic E-state index is 0.233. The number of carbonyl (C=O) groups excluding carboxylic acids is 2. The molecule has 2 amide bonds. The fourth-order valence-electron chi connectivity index (χ4n) is 3.88. The number of aromatic nitrogens is 2. The van der Waals surface area contributed by atoms with Gasteiger partial charge in [-0.2, -0.15) is 0 Å². The molecule has 0 aliphatic carbocycles. The monoisotopic (exact) mass is 506 g/mol. The summed E-state index contributed by atoms with van der Waals surface area (Å²) in [5, 5.41) is 3.02. The van der Waals surface area contributed by atoms with E-state index in [-0.39, 0.29) is 22.7 Å². The van der Waals surface area contributed by atoms with Gasteiger partial charge in [0.1, 0.15) is 17.1 Å². The van der Waals surface area contributed by atoms with E-state index in [1.165, 1.54) is 9.47 Å². The normalized spacial score (nSPS) is 10.9. The first-order chi connectivity index (χ1) is 17.2. The van der Waals surface area contributed by atoms with Crippen LogP contribution in [0.25, 0.3) is 15.9 Å². The van der Waals surface area contributed by atoms with Crippen molar-refractivity contribution in [2.75, 3.05) is 26.0 Å². The smallest absolute Gasteiger partial charge is 0.337 e. The van der Waals surface area contributed by atoms with E-state index >= 15 is 0 Å². The lowest BCUT2D eigenvalue weighted by Gasteiger charge is -2.14. The summed E-state index contributed by atoms with van der Waals surface area (Å²) < 4.78 is 7.85. The molecule has 0 atom stereocenters. The van der Waals surface area contributed by atoms with E-state index in [2.05, 4.69) is 5.32 Å².